The predicted octanol–water partition coefficient (Wildman–Crippen LogP) is -6.33. The van der Waals surface area contributed by atoms with E-state index in [0.29, 0.717) is 0 Å². The van der Waals surface area contributed by atoms with Gasteiger partial charge in [0.1, 0.15) is 48.8 Å². The number of hydrogen-bond acceptors (Lipinski definition) is 25. The van der Waals surface area contributed by atoms with E-state index in [9.17, 15) is 82.5 Å². The second kappa shape index (κ2) is 18.1. The number of aliphatic hydroxyl groups excluding tert-OH is 6. The maximum absolute atomic E-state index is 12.1. The molecule has 57 heavy (non-hydrogen) atoms. The molecule has 0 bridgehead atoms. The Bertz CT molecular complexity index is 1810. The Morgan fingerprint density at radius 3 is 0.965 bits per heavy atom. The van der Waals surface area contributed by atoms with Gasteiger partial charge in [-0.3, -0.25) is 18.2 Å². The summed E-state index contributed by atoms with van der Waals surface area (Å²) in [5.41, 5.74) is 0. The maximum atomic E-state index is 12.1. The Labute approximate surface area is 323 Å². The number of ether oxygens (including phenoxy) is 7. The molecule has 0 aromatic heterocycles. The molecule has 4 rings (SSSR count). The van der Waals surface area contributed by atoms with E-state index in [1.165, 1.54) is 0 Å². The summed E-state index contributed by atoms with van der Waals surface area (Å²) < 4.78 is 189. The highest BCUT2D eigenvalue weighted by Crippen LogP contribution is 2.37. The molecule has 0 saturated carbocycles. The van der Waals surface area contributed by atoms with Gasteiger partial charge >= 0.3 is 41.6 Å². The van der Waals surface area contributed by atoms with Crippen LogP contribution in [0, 0.1) is 0 Å². The van der Waals surface area contributed by atoms with Crippen molar-refractivity contribution in [1.29, 1.82) is 0 Å². The third kappa shape index (κ3) is 12.5. The quantitative estimate of drug-likeness (QED) is 0.0724. The zero-order valence-electron chi connectivity index (χ0n) is 29.4. The average Bonchev–Trinajstić information content (AvgIpc) is 3.04. The van der Waals surface area contributed by atoms with Gasteiger partial charge in [0.2, 0.25) is 0 Å². The fourth-order valence-corrected chi connectivity index (χ4v) is 8.14. The van der Waals surface area contributed by atoms with Crippen LogP contribution in [0.3, 0.4) is 0 Å². The standard InChI is InChI=1S/C24H42O29S4/c1-5-9(25)13(29)17(50-54(31,32)33)22(44-5)48-15-11(27)7(3)46-24(19(15)52-56(37,38)39)49-16-12(28)8(4)45-23(20(16)53-57(40,41)42)47-14-10(26)6(2)43-21(30)18(14)51-55(34,35)36/h5-30H,1-4H3,(H,31,32,33)(H,34,35,36)(H,37,38,39)(H,40,41,42)/t5-,6-,7-,8-,9+,10+,11+,12+,13+,14+,15+,16+,17-,18-,19-,20-,21+,22-,23-,24-/m0/s1. The summed E-state index contributed by atoms with van der Waals surface area (Å²) in [6.07, 6.45) is -42.3. The van der Waals surface area contributed by atoms with Crippen molar-refractivity contribution in [2.24, 2.45) is 0 Å². The Kier molecular flexibility index (Phi) is 15.5. The molecule has 29 nitrogen and oxygen atoms in total. The van der Waals surface area contributed by atoms with Crippen LogP contribution in [0.5, 0.6) is 0 Å². The van der Waals surface area contributed by atoms with Gasteiger partial charge in [-0.05, 0) is 27.7 Å². The summed E-state index contributed by atoms with van der Waals surface area (Å²) >= 11 is 0. The average molecular weight is 923 g/mol. The summed E-state index contributed by atoms with van der Waals surface area (Å²) in [5.74, 6) is 0. The van der Waals surface area contributed by atoms with E-state index in [2.05, 4.69) is 16.7 Å². The molecule has 0 amide bonds. The van der Waals surface area contributed by atoms with Crippen molar-refractivity contribution in [3.63, 3.8) is 0 Å². The van der Waals surface area contributed by atoms with E-state index >= 15 is 0 Å². The molecule has 20 atom stereocenters. The lowest BCUT2D eigenvalue weighted by Gasteiger charge is -2.49. The molecule has 4 heterocycles. The molecule has 0 aromatic carbocycles. The van der Waals surface area contributed by atoms with E-state index in [4.69, 9.17) is 33.2 Å². The zero-order chi connectivity index (χ0) is 43.3. The van der Waals surface area contributed by atoms with E-state index in [1.807, 2.05) is 0 Å². The largest absolute Gasteiger partial charge is 0.397 e. The normalized spacial score (nSPS) is 45.4. The lowest BCUT2D eigenvalue weighted by molar-refractivity contribution is -0.378. The molecule has 4 fully saturated rings. The van der Waals surface area contributed by atoms with E-state index in [1.54, 1.807) is 0 Å². The molecule has 0 aromatic rings. The molecule has 336 valence electrons. The summed E-state index contributed by atoms with van der Waals surface area (Å²) in [5, 5.41) is 64.2. The third-order valence-electron chi connectivity index (χ3n) is 8.88. The Morgan fingerprint density at radius 1 is 0.351 bits per heavy atom. The summed E-state index contributed by atoms with van der Waals surface area (Å²) in [4.78, 5) is 0. The Hall–Kier alpha value is -1.04. The van der Waals surface area contributed by atoms with Crippen molar-refractivity contribution >= 4 is 41.6 Å². The second-order valence-electron chi connectivity index (χ2n) is 13.1. The molecule has 0 radical (unpaired) electrons. The first-order valence-corrected chi connectivity index (χ1v) is 21.6. The zero-order valence-corrected chi connectivity index (χ0v) is 32.7. The summed E-state index contributed by atoms with van der Waals surface area (Å²) in [7, 11) is -22.3. The van der Waals surface area contributed by atoms with Gasteiger partial charge in [0.15, 0.2) is 49.6 Å². The third-order valence-corrected chi connectivity index (χ3v) is 10.7. The number of hydrogen-bond donors (Lipinski definition) is 10. The van der Waals surface area contributed by atoms with Crippen molar-refractivity contribution in [1.82, 2.24) is 0 Å². The maximum Gasteiger partial charge on any atom is 0.397 e. The molecular formula is C24H42O29S4. The van der Waals surface area contributed by atoms with Gasteiger partial charge in [-0.15, -0.1) is 0 Å². The molecular weight excluding hydrogens is 881 g/mol. The van der Waals surface area contributed by atoms with Crippen molar-refractivity contribution in [3.05, 3.63) is 0 Å². The first-order valence-electron chi connectivity index (χ1n) is 16.2. The van der Waals surface area contributed by atoms with Gasteiger partial charge in [-0.2, -0.15) is 33.7 Å². The van der Waals surface area contributed by atoms with Crippen LogP contribution < -0.4 is 0 Å². The van der Waals surface area contributed by atoms with Crippen LogP contribution in [-0.4, -0.2) is 205 Å². The monoisotopic (exact) mass is 922 g/mol. The van der Waals surface area contributed by atoms with Crippen LogP contribution in [0.25, 0.3) is 0 Å². The van der Waals surface area contributed by atoms with Gasteiger partial charge in [-0.1, -0.05) is 0 Å². The minimum absolute atomic E-state index is 1.08. The van der Waals surface area contributed by atoms with Crippen LogP contribution in [0.1, 0.15) is 27.7 Å². The SMILES string of the molecule is C[C@@H]1O[C@@H](O[C@@H]2[C@H](O)[C@H](C)O[C@@H](O[C@@H]3[C@H](O)[C@H](C)O[C@@H](O[C@@H]4[C@H](O)[C@H](C)O[C@@H](O)[C@H]4OS(=O)(=O)O)[C@H]3OS(=O)(=O)O)[C@H]2OS(=O)(=O)O)[C@@H](OS(=O)(=O)O)[C@H](O)[C@@H]1O. The van der Waals surface area contributed by atoms with E-state index in [-0.39, 0.29) is 0 Å². The number of rotatable bonds is 14. The lowest BCUT2D eigenvalue weighted by atomic mass is 9.96. The fourth-order valence-electron chi connectivity index (χ4n) is 6.21. The van der Waals surface area contributed by atoms with Crippen LogP contribution in [0.2, 0.25) is 0 Å². The molecule has 33 heteroatoms. The summed E-state index contributed by atoms with van der Waals surface area (Å²) in [6.45, 7) is 4.43. The molecule has 4 saturated heterocycles. The van der Waals surface area contributed by atoms with Crippen molar-refractivity contribution in [2.75, 3.05) is 0 Å². The summed E-state index contributed by atoms with van der Waals surface area (Å²) in [6, 6.07) is 0. The smallest absolute Gasteiger partial charge is 0.388 e. The minimum Gasteiger partial charge on any atom is -0.388 e. The highest BCUT2D eigenvalue weighted by atomic mass is 32.3. The first kappa shape index (κ1) is 48.6. The fraction of sp³-hybridized carbons (Fsp3) is 1.00. The van der Waals surface area contributed by atoms with Gasteiger partial charge in [-0.25, -0.2) is 16.7 Å². The van der Waals surface area contributed by atoms with Crippen LogP contribution >= 0.6 is 0 Å². The molecule has 4 aliphatic heterocycles. The number of aliphatic hydroxyl groups is 6. The molecule has 4 aliphatic rings. The highest BCUT2D eigenvalue weighted by molar-refractivity contribution is 7.81. The molecule has 0 spiro atoms. The predicted molar refractivity (Wildman–Crippen MR) is 170 cm³/mol. The lowest BCUT2D eigenvalue weighted by Crippen LogP contribution is -2.67. The van der Waals surface area contributed by atoms with Crippen molar-refractivity contribution < 1.29 is 132 Å². The van der Waals surface area contributed by atoms with Crippen LogP contribution in [-0.2, 0) is 91.5 Å². The topological polar surface area (TPSA) is 440 Å². The van der Waals surface area contributed by atoms with Crippen LogP contribution in [0.15, 0.2) is 0 Å². The van der Waals surface area contributed by atoms with E-state index in [0.717, 1.165) is 27.7 Å². The van der Waals surface area contributed by atoms with Gasteiger partial charge < -0.3 is 63.8 Å². The van der Waals surface area contributed by atoms with Gasteiger partial charge in [0.25, 0.3) is 0 Å². The Balaban J connectivity index is 1.76. The Morgan fingerprint density at radius 2 is 0.614 bits per heavy atom. The van der Waals surface area contributed by atoms with Crippen molar-refractivity contribution in [3.8, 4) is 0 Å². The molecule has 0 aliphatic carbocycles. The molecule has 0 unspecified atom stereocenters. The molecule has 10 N–H and O–H groups in total. The highest BCUT2D eigenvalue weighted by Gasteiger charge is 2.58. The first-order chi connectivity index (χ1) is 25.9. The van der Waals surface area contributed by atoms with E-state index < -0.39 is 164 Å². The van der Waals surface area contributed by atoms with Gasteiger partial charge in [0.05, 0.1) is 24.4 Å². The van der Waals surface area contributed by atoms with Gasteiger partial charge in [0, 0.05) is 0 Å². The minimum atomic E-state index is -5.69. The second-order valence-corrected chi connectivity index (χ2v) is 17.3. The van der Waals surface area contributed by atoms with Crippen LogP contribution in [0.4, 0.5) is 0 Å². The van der Waals surface area contributed by atoms with Crippen molar-refractivity contribution in [2.45, 2.75) is 151 Å².